The lowest BCUT2D eigenvalue weighted by Crippen LogP contribution is -2.09. The van der Waals surface area contributed by atoms with Gasteiger partial charge in [-0.2, -0.15) is 0 Å². The number of halogens is 1. The molecule has 4 nitrogen and oxygen atoms in total. The minimum Gasteiger partial charge on any atom is -0.289 e. The molecule has 0 fully saturated rings. The molecule has 27 heavy (non-hydrogen) atoms. The van der Waals surface area contributed by atoms with Gasteiger partial charge in [-0.15, -0.1) is 11.3 Å². The number of hydrogen-bond donors (Lipinski definition) is 1. The molecule has 3 aromatic rings. The third kappa shape index (κ3) is 5.12. The quantitative estimate of drug-likeness (QED) is 0.476. The molecule has 0 amide bonds. The lowest BCUT2D eigenvalue weighted by molar-refractivity contribution is 0.104. The van der Waals surface area contributed by atoms with Crippen LogP contribution in [0.1, 0.15) is 15.2 Å². The zero-order valence-corrected chi connectivity index (χ0v) is 16.0. The van der Waals surface area contributed by atoms with E-state index in [-0.39, 0.29) is 11.6 Å². The molecule has 1 N–H and O–H groups in total. The molecule has 138 valence electrons. The van der Waals surface area contributed by atoms with E-state index in [1.807, 2.05) is 12.1 Å². The van der Waals surface area contributed by atoms with Gasteiger partial charge >= 0.3 is 0 Å². The van der Waals surface area contributed by atoms with Gasteiger partial charge in [0.2, 0.25) is 10.0 Å². The van der Waals surface area contributed by atoms with Crippen LogP contribution >= 0.6 is 11.3 Å². The minimum atomic E-state index is -3.35. The van der Waals surface area contributed by atoms with Crippen molar-refractivity contribution in [2.45, 2.75) is 0 Å². The minimum absolute atomic E-state index is 0.207. The zero-order valence-electron chi connectivity index (χ0n) is 14.3. The Hall–Kier alpha value is -2.77. The van der Waals surface area contributed by atoms with Crippen molar-refractivity contribution >= 4 is 38.9 Å². The summed E-state index contributed by atoms with van der Waals surface area (Å²) in [7, 11) is -3.35. The Balaban J connectivity index is 1.71. The summed E-state index contributed by atoms with van der Waals surface area (Å²) < 4.78 is 38.6. The van der Waals surface area contributed by atoms with Crippen LogP contribution in [-0.2, 0) is 10.0 Å². The number of benzene rings is 2. The van der Waals surface area contributed by atoms with Gasteiger partial charge in [0.25, 0.3) is 0 Å². The van der Waals surface area contributed by atoms with E-state index >= 15 is 0 Å². The van der Waals surface area contributed by atoms with Crippen molar-refractivity contribution in [2.24, 2.45) is 0 Å². The molecule has 0 aliphatic rings. The number of ketones is 1. The fourth-order valence-electron chi connectivity index (χ4n) is 2.42. The van der Waals surface area contributed by atoms with Crippen molar-refractivity contribution in [3.05, 3.63) is 83.0 Å². The first-order chi connectivity index (χ1) is 12.8. The molecule has 1 aromatic heterocycles. The highest BCUT2D eigenvalue weighted by Gasteiger charge is 2.07. The van der Waals surface area contributed by atoms with Gasteiger partial charge in [-0.05, 0) is 54.6 Å². The lowest BCUT2D eigenvalue weighted by Gasteiger charge is -2.03. The van der Waals surface area contributed by atoms with Crippen molar-refractivity contribution in [1.29, 1.82) is 0 Å². The van der Waals surface area contributed by atoms with Crippen LogP contribution in [0.5, 0.6) is 0 Å². The van der Waals surface area contributed by atoms with Gasteiger partial charge in [0.05, 0.1) is 6.26 Å². The van der Waals surface area contributed by atoms with E-state index in [4.69, 9.17) is 0 Å². The number of carbonyl (C=O) groups is 1. The van der Waals surface area contributed by atoms with Crippen molar-refractivity contribution in [3.63, 3.8) is 0 Å². The zero-order chi connectivity index (χ0) is 19.4. The van der Waals surface area contributed by atoms with Crippen LogP contribution in [-0.4, -0.2) is 20.5 Å². The topological polar surface area (TPSA) is 63.2 Å². The number of carbonyl (C=O) groups excluding carboxylic acids is 1. The van der Waals surface area contributed by atoms with Crippen LogP contribution in [0.2, 0.25) is 0 Å². The highest BCUT2D eigenvalue weighted by atomic mass is 32.2. The largest absolute Gasteiger partial charge is 0.289 e. The second-order valence-corrected chi connectivity index (χ2v) is 8.69. The summed E-state index contributed by atoms with van der Waals surface area (Å²) in [6.45, 7) is 0. The maximum atomic E-state index is 13.8. The van der Waals surface area contributed by atoms with Gasteiger partial charge in [0, 0.05) is 26.6 Å². The van der Waals surface area contributed by atoms with Crippen molar-refractivity contribution in [1.82, 2.24) is 0 Å². The Morgan fingerprint density at radius 3 is 2.41 bits per heavy atom. The number of thiophene rings is 1. The van der Waals surface area contributed by atoms with Crippen LogP contribution in [0.3, 0.4) is 0 Å². The van der Waals surface area contributed by atoms with E-state index in [2.05, 4.69) is 4.72 Å². The summed E-state index contributed by atoms with van der Waals surface area (Å²) in [6.07, 6.45) is 4.18. The molecule has 0 aliphatic carbocycles. The number of rotatable bonds is 6. The summed E-state index contributed by atoms with van der Waals surface area (Å²) in [4.78, 5) is 13.9. The Labute approximate surface area is 161 Å². The predicted octanol–water partition coefficient (Wildman–Crippen LogP) is 4.82. The maximum Gasteiger partial charge on any atom is 0.229 e. The van der Waals surface area contributed by atoms with Crippen molar-refractivity contribution in [2.75, 3.05) is 11.0 Å². The fourth-order valence-corrected chi connectivity index (χ4v) is 3.92. The summed E-state index contributed by atoms with van der Waals surface area (Å²) in [5.74, 6) is -0.490. The summed E-state index contributed by atoms with van der Waals surface area (Å²) in [5.41, 5.74) is 1.37. The molecular formula is C20H16FNO3S2. The first-order valence-corrected chi connectivity index (χ1v) is 10.7. The Kier molecular flexibility index (Phi) is 5.53. The molecule has 0 saturated heterocycles. The van der Waals surface area contributed by atoms with Gasteiger partial charge in [0.1, 0.15) is 5.82 Å². The molecule has 7 heteroatoms. The number of nitrogens with one attached hydrogen (secondary N) is 1. The summed E-state index contributed by atoms with van der Waals surface area (Å²) in [5, 5.41) is 0. The summed E-state index contributed by atoms with van der Waals surface area (Å²) in [6, 6.07) is 16.4. The first-order valence-electron chi connectivity index (χ1n) is 7.97. The highest BCUT2D eigenvalue weighted by Crippen LogP contribution is 2.30. The van der Waals surface area contributed by atoms with Crippen LogP contribution in [0.15, 0.2) is 66.7 Å². The lowest BCUT2D eigenvalue weighted by atomic mass is 10.1. The smallest absolute Gasteiger partial charge is 0.229 e. The maximum absolute atomic E-state index is 13.8. The molecule has 1 heterocycles. The van der Waals surface area contributed by atoms with E-state index in [9.17, 15) is 17.6 Å². The van der Waals surface area contributed by atoms with Gasteiger partial charge in [-0.1, -0.05) is 18.2 Å². The number of anilines is 1. The molecule has 0 unspecified atom stereocenters. The van der Waals surface area contributed by atoms with Crippen LogP contribution < -0.4 is 4.72 Å². The molecule has 0 atom stereocenters. The van der Waals surface area contributed by atoms with Gasteiger partial charge in [-0.3, -0.25) is 9.52 Å². The number of allylic oxidation sites excluding steroid dienone is 1. The number of hydrogen-bond acceptors (Lipinski definition) is 4. The summed E-state index contributed by atoms with van der Waals surface area (Å²) >= 11 is 1.39. The van der Waals surface area contributed by atoms with Crippen molar-refractivity contribution < 1.29 is 17.6 Å². The Morgan fingerprint density at radius 2 is 1.74 bits per heavy atom. The molecule has 0 aliphatic heterocycles. The van der Waals surface area contributed by atoms with Gasteiger partial charge in [0.15, 0.2) is 5.78 Å². The molecule has 3 rings (SSSR count). The molecule has 2 aromatic carbocycles. The molecule has 0 bridgehead atoms. The number of sulfonamides is 1. The van der Waals surface area contributed by atoms with Crippen LogP contribution in [0.25, 0.3) is 16.5 Å². The monoisotopic (exact) mass is 401 g/mol. The Morgan fingerprint density at radius 1 is 1.04 bits per heavy atom. The fraction of sp³-hybridized carbons (Fsp3) is 0.0500. The van der Waals surface area contributed by atoms with E-state index in [1.165, 1.54) is 35.6 Å². The van der Waals surface area contributed by atoms with E-state index in [1.54, 1.807) is 36.4 Å². The molecule has 0 saturated carbocycles. The second-order valence-electron chi connectivity index (χ2n) is 5.83. The Bertz CT molecular complexity index is 1100. The third-order valence-corrected chi connectivity index (χ3v) is 5.33. The van der Waals surface area contributed by atoms with Crippen LogP contribution in [0.4, 0.5) is 10.1 Å². The standard InChI is InChI=1S/C20H16FNO3S2/c1-27(24,25)22-15-8-6-14(7-9-15)19(23)12-10-16-11-13-20(26-16)17-4-2-3-5-18(17)21/h2-13,22H,1H3. The average molecular weight is 401 g/mol. The molecule has 0 spiro atoms. The van der Waals surface area contributed by atoms with Gasteiger partial charge < -0.3 is 0 Å². The molecule has 0 radical (unpaired) electrons. The van der Waals surface area contributed by atoms with Crippen LogP contribution in [0, 0.1) is 5.82 Å². The predicted molar refractivity (Wildman–Crippen MR) is 108 cm³/mol. The van der Waals surface area contributed by atoms with E-state index < -0.39 is 10.0 Å². The average Bonchev–Trinajstić information content (AvgIpc) is 3.08. The van der Waals surface area contributed by atoms with E-state index in [0.29, 0.717) is 16.8 Å². The van der Waals surface area contributed by atoms with Crippen molar-refractivity contribution in [3.8, 4) is 10.4 Å². The third-order valence-electron chi connectivity index (χ3n) is 3.64. The van der Waals surface area contributed by atoms with E-state index in [0.717, 1.165) is 16.0 Å². The SMILES string of the molecule is CS(=O)(=O)Nc1ccc(C(=O)C=Cc2ccc(-c3ccccc3F)s2)cc1. The first kappa shape index (κ1) is 19.0. The molecular weight excluding hydrogens is 385 g/mol. The highest BCUT2D eigenvalue weighted by molar-refractivity contribution is 7.92. The normalized spacial score (nSPS) is 11.6. The second kappa shape index (κ2) is 7.85. The van der Waals surface area contributed by atoms with Gasteiger partial charge in [-0.25, -0.2) is 12.8 Å².